The van der Waals surface area contributed by atoms with Crippen LogP contribution in [0.1, 0.15) is 13.8 Å². The van der Waals surface area contributed by atoms with Gasteiger partial charge in [0.15, 0.2) is 0 Å². The van der Waals surface area contributed by atoms with Crippen molar-refractivity contribution in [2.45, 2.75) is 19.9 Å². The van der Waals surface area contributed by atoms with Crippen molar-refractivity contribution in [3.63, 3.8) is 0 Å². The maximum absolute atomic E-state index is 11.6. The first-order valence-electron chi connectivity index (χ1n) is 4.69. The normalized spacial score (nSPS) is 22.0. The minimum absolute atomic E-state index is 0.0296. The predicted octanol–water partition coefficient (Wildman–Crippen LogP) is 1.09. The highest BCUT2D eigenvalue weighted by Crippen LogP contribution is 2.20. The summed E-state index contributed by atoms with van der Waals surface area (Å²) in [6.45, 7) is 8.00. The number of rotatable bonds is 2. The van der Waals surface area contributed by atoms with Crippen LogP contribution >= 0.6 is 0 Å². The first-order valence-corrected chi connectivity index (χ1v) is 4.69. The third-order valence-electron chi connectivity index (χ3n) is 2.51. The molecule has 0 aromatic carbocycles. The molecule has 1 rings (SSSR count). The molecule has 1 atom stereocenters. The van der Waals surface area contributed by atoms with Crippen LogP contribution in [0.3, 0.4) is 0 Å². The second kappa shape index (κ2) is 3.82. The van der Waals surface area contributed by atoms with E-state index in [-0.39, 0.29) is 23.9 Å². The second-order valence-electron chi connectivity index (χ2n) is 3.89. The van der Waals surface area contributed by atoms with Crippen LogP contribution in [0.2, 0.25) is 0 Å². The summed E-state index contributed by atoms with van der Waals surface area (Å²) in [4.78, 5) is 25.9. The van der Waals surface area contributed by atoms with Crippen molar-refractivity contribution in [2.75, 3.05) is 13.6 Å². The number of urea groups is 1. The van der Waals surface area contributed by atoms with E-state index >= 15 is 0 Å². The number of amides is 3. The molecule has 1 unspecified atom stereocenters. The summed E-state index contributed by atoms with van der Waals surface area (Å²) in [7, 11) is 1.70. The van der Waals surface area contributed by atoms with Gasteiger partial charge in [-0.05, 0) is 12.0 Å². The van der Waals surface area contributed by atoms with E-state index in [1.807, 2.05) is 13.8 Å². The summed E-state index contributed by atoms with van der Waals surface area (Å²) in [5.41, 5.74) is 0. The molecule has 0 saturated carbocycles. The van der Waals surface area contributed by atoms with Gasteiger partial charge in [-0.15, -0.1) is 0 Å². The molecule has 0 bridgehead atoms. The Morgan fingerprint density at radius 1 is 1.64 bits per heavy atom. The molecule has 3 amide bonds. The van der Waals surface area contributed by atoms with Crippen LogP contribution in [-0.4, -0.2) is 41.4 Å². The van der Waals surface area contributed by atoms with Crippen molar-refractivity contribution < 1.29 is 9.59 Å². The SMILES string of the molecule is C=CC(=O)N1C(=O)N(C)CC1C(C)C. The van der Waals surface area contributed by atoms with E-state index in [0.717, 1.165) is 0 Å². The summed E-state index contributed by atoms with van der Waals surface area (Å²) in [6, 6.07) is -0.258. The Labute approximate surface area is 84.2 Å². The minimum Gasteiger partial charge on any atom is -0.325 e. The van der Waals surface area contributed by atoms with E-state index < -0.39 is 0 Å². The zero-order valence-corrected chi connectivity index (χ0v) is 8.86. The van der Waals surface area contributed by atoms with Gasteiger partial charge in [-0.2, -0.15) is 0 Å². The van der Waals surface area contributed by atoms with Gasteiger partial charge >= 0.3 is 6.03 Å². The molecule has 14 heavy (non-hydrogen) atoms. The Hall–Kier alpha value is -1.32. The lowest BCUT2D eigenvalue weighted by atomic mass is 10.0. The summed E-state index contributed by atoms with van der Waals surface area (Å²) in [5.74, 6) is -0.0362. The molecule has 78 valence electrons. The van der Waals surface area contributed by atoms with Crippen molar-refractivity contribution in [3.05, 3.63) is 12.7 Å². The van der Waals surface area contributed by atoms with E-state index in [0.29, 0.717) is 6.54 Å². The fourth-order valence-electron chi connectivity index (χ4n) is 1.63. The van der Waals surface area contributed by atoms with Gasteiger partial charge in [-0.3, -0.25) is 9.69 Å². The highest BCUT2D eigenvalue weighted by molar-refractivity contribution is 6.01. The molecular weight excluding hydrogens is 180 g/mol. The Bertz CT molecular complexity index is 273. The Kier molecular flexibility index (Phi) is 2.93. The van der Waals surface area contributed by atoms with Crippen molar-refractivity contribution >= 4 is 11.9 Å². The fraction of sp³-hybridized carbons (Fsp3) is 0.600. The van der Waals surface area contributed by atoms with Crippen molar-refractivity contribution in [1.82, 2.24) is 9.80 Å². The molecule has 1 aliphatic heterocycles. The van der Waals surface area contributed by atoms with Crippen LogP contribution in [-0.2, 0) is 4.79 Å². The van der Waals surface area contributed by atoms with Crippen LogP contribution < -0.4 is 0 Å². The molecule has 0 aliphatic carbocycles. The van der Waals surface area contributed by atoms with Crippen LogP contribution in [0.4, 0.5) is 4.79 Å². The molecular formula is C10H16N2O2. The van der Waals surface area contributed by atoms with Gasteiger partial charge in [0.25, 0.3) is 5.91 Å². The van der Waals surface area contributed by atoms with Crippen LogP contribution in [0.25, 0.3) is 0 Å². The van der Waals surface area contributed by atoms with Crippen molar-refractivity contribution in [2.24, 2.45) is 5.92 Å². The Balaban J connectivity index is 2.92. The van der Waals surface area contributed by atoms with Gasteiger partial charge in [-0.25, -0.2) is 4.79 Å². The zero-order valence-electron chi connectivity index (χ0n) is 8.86. The molecule has 0 N–H and O–H groups in total. The third-order valence-corrected chi connectivity index (χ3v) is 2.51. The number of nitrogens with zero attached hydrogens (tertiary/aromatic N) is 2. The third kappa shape index (κ3) is 1.64. The molecule has 0 spiro atoms. The Morgan fingerprint density at radius 3 is 2.64 bits per heavy atom. The van der Waals surface area contributed by atoms with E-state index in [1.54, 1.807) is 11.9 Å². The maximum Gasteiger partial charge on any atom is 0.327 e. The van der Waals surface area contributed by atoms with Crippen LogP contribution in [0, 0.1) is 5.92 Å². The number of hydrogen-bond acceptors (Lipinski definition) is 2. The van der Waals surface area contributed by atoms with Gasteiger partial charge in [0, 0.05) is 13.6 Å². The highest BCUT2D eigenvalue weighted by Gasteiger charge is 2.39. The summed E-state index contributed by atoms with van der Waals surface area (Å²) in [6.07, 6.45) is 1.19. The van der Waals surface area contributed by atoms with Gasteiger partial charge in [0.05, 0.1) is 6.04 Å². The summed E-state index contributed by atoms with van der Waals surface area (Å²) in [5, 5.41) is 0. The Morgan fingerprint density at radius 2 is 2.21 bits per heavy atom. The van der Waals surface area contributed by atoms with Crippen molar-refractivity contribution in [3.8, 4) is 0 Å². The number of carbonyl (C=O) groups is 2. The first-order chi connectivity index (χ1) is 6.49. The lowest BCUT2D eigenvalue weighted by Gasteiger charge is -2.22. The first kappa shape index (κ1) is 10.8. The standard InChI is InChI=1S/C10H16N2O2/c1-5-9(13)12-8(7(2)3)6-11(4)10(12)14/h5,7-8H,1,6H2,2-4H3. The zero-order chi connectivity index (χ0) is 10.9. The number of carbonyl (C=O) groups excluding carboxylic acids is 2. The van der Waals surface area contributed by atoms with Gasteiger partial charge in [-0.1, -0.05) is 20.4 Å². The fourth-order valence-corrected chi connectivity index (χ4v) is 1.63. The van der Waals surface area contributed by atoms with E-state index in [2.05, 4.69) is 6.58 Å². The van der Waals surface area contributed by atoms with E-state index in [4.69, 9.17) is 0 Å². The smallest absolute Gasteiger partial charge is 0.325 e. The summed E-state index contributed by atoms with van der Waals surface area (Å²) >= 11 is 0. The van der Waals surface area contributed by atoms with Gasteiger partial charge < -0.3 is 4.90 Å². The molecule has 1 saturated heterocycles. The molecule has 4 heteroatoms. The highest BCUT2D eigenvalue weighted by atomic mass is 16.2. The van der Waals surface area contributed by atoms with Crippen LogP contribution in [0.15, 0.2) is 12.7 Å². The average molecular weight is 196 g/mol. The number of hydrogen-bond donors (Lipinski definition) is 0. The molecule has 1 aliphatic rings. The monoisotopic (exact) mass is 196 g/mol. The van der Waals surface area contributed by atoms with Gasteiger partial charge in [0.2, 0.25) is 0 Å². The van der Waals surface area contributed by atoms with Crippen LogP contribution in [0.5, 0.6) is 0 Å². The average Bonchev–Trinajstić information content (AvgIpc) is 2.43. The van der Waals surface area contributed by atoms with E-state index in [9.17, 15) is 9.59 Å². The van der Waals surface area contributed by atoms with E-state index in [1.165, 1.54) is 11.0 Å². The largest absolute Gasteiger partial charge is 0.327 e. The maximum atomic E-state index is 11.6. The topological polar surface area (TPSA) is 40.6 Å². The molecule has 0 radical (unpaired) electrons. The number of likely N-dealkylation sites (N-methyl/N-ethyl adjacent to an activating group) is 1. The predicted molar refractivity (Wildman–Crippen MR) is 53.7 cm³/mol. The molecule has 1 fully saturated rings. The lowest BCUT2D eigenvalue weighted by Crippen LogP contribution is -2.41. The summed E-state index contributed by atoms with van der Waals surface area (Å²) < 4.78 is 0. The van der Waals surface area contributed by atoms with Gasteiger partial charge in [0.1, 0.15) is 0 Å². The van der Waals surface area contributed by atoms with Crippen molar-refractivity contribution in [1.29, 1.82) is 0 Å². The lowest BCUT2D eigenvalue weighted by molar-refractivity contribution is -0.124. The molecule has 4 nitrogen and oxygen atoms in total. The second-order valence-corrected chi connectivity index (χ2v) is 3.89. The molecule has 1 heterocycles. The molecule has 0 aromatic heterocycles. The molecule has 0 aromatic rings. The quantitative estimate of drug-likeness (QED) is 0.620. The minimum atomic E-state index is -0.307. The number of imide groups is 1.